The van der Waals surface area contributed by atoms with Gasteiger partial charge in [-0.15, -0.1) is 0 Å². The summed E-state index contributed by atoms with van der Waals surface area (Å²) in [6, 6.07) is 65.4. The van der Waals surface area contributed by atoms with E-state index in [0.717, 1.165) is 11.4 Å². The van der Waals surface area contributed by atoms with E-state index in [4.69, 9.17) is 0 Å². The number of fused-ring (bicyclic) bond motifs is 9. The van der Waals surface area contributed by atoms with Crippen molar-refractivity contribution in [1.82, 2.24) is 0 Å². The molecule has 2 aliphatic rings. The highest BCUT2D eigenvalue weighted by molar-refractivity contribution is 6.15. The first kappa shape index (κ1) is 32.7. The van der Waals surface area contributed by atoms with Gasteiger partial charge in [0.05, 0.1) is 0 Å². The second-order valence-electron chi connectivity index (χ2n) is 16.1. The van der Waals surface area contributed by atoms with E-state index in [1.165, 1.54) is 82.2 Å². The Balaban J connectivity index is 1.09. The fourth-order valence-corrected chi connectivity index (χ4v) is 9.94. The highest BCUT2D eigenvalue weighted by Gasteiger charge is 2.44. The molecule has 0 amide bonds. The molecule has 0 fully saturated rings. The first-order valence-corrected chi connectivity index (χ1v) is 19.8. The van der Waals surface area contributed by atoms with Crippen LogP contribution in [0.25, 0.3) is 65.3 Å². The summed E-state index contributed by atoms with van der Waals surface area (Å²) in [7, 11) is 0. The van der Waals surface area contributed by atoms with Crippen molar-refractivity contribution in [3.63, 3.8) is 0 Å². The van der Waals surface area contributed by atoms with Crippen LogP contribution in [0, 0.1) is 5.92 Å². The van der Waals surface area contributed by atoms with Gasteiger partial charge < -0.3 is 4.90 Å². The van der Waals surface area contributed by atoms with E-state index < -0.39 is 0 Å². The molecule has 0 N–H and O–H groups in total. The predicted molar refractivity (Wildman–Crippen MR) is 240 cm³/mol. The van der Waals surface area contributed by atoms with E-state index in [9.17, 15) is 0 Å². The molecule has 266 valence electrons. The molecule has 2 unspecified atom stereocenters. The Bertz CT molecular complexity index is 3070. The molecular formula is C55H41N. The normalized spacial score (nSPS) is 16.8. The van der Waals surface area contributed by atoms with Crippen molar-refractivity contribution in [2.75, 3.05) is 4.90 Å². The lowest BCUT2D eigenvalue weighted by Gasteiger charge is -2.30. The standard InChI is InChI=1S/C55H41N/c1-55(2)53-25-12-11-24-49(53)50-31-30-42(35-54(50)55)56(40-28-26-36(27-29-40)51-33-38-14-3-5-18-43(38)45-20-7-9-22-47(45)51)41-17-13-16-37(32-41)52-34-39-15-4-6-19-44(39)46-21-8-10-23-48(46)52/h3-35,49,53H,1-2H3. The molecule has 1 nitrogen and oxygen atoms in total. The summed E-state index contributed by atoms with van der Waals surface area (Å²) in [5.41, 5.74) is 11.2. The first-order chi connectivity index (χ1) is 27.5. The quantitative estimate of drug-likeness (QED) is 0.160. The molecule has 56 heavy (non-hydrogen) atoms. The van der Waals surface area contributed by atoms with Gasteiger partial charge in [-0.3, -0.25) is 0 Å². The molecule has 1 heteroatoms. The lowest BCUT2D eigenvalue weighted by molar-refractivity contribution is 0.394. The Morgan fingerprint density at radius 3 is 1.61 bits per heavy atom. The number of anilines is 3. The largest absolute Gasteiger partial charge is 0.310 e. The zero-order valence-electron chi connectivity index (χ0n) is 31.7. The molecular weight excluding hydrogens is 675 g/mol. The minimum absolute atomic E-state index is 0.00972. The number of benzene rings is 9. The number of hydrogen-bond donors (Lipinski definition) is 0. The monoisotopic (exact) mass is 715 g/mol. The number of hydrogen-bond acceptors (Lipinski definition) is 1. The van der Waals surface area contributed by atoms with Gasteiger partial charge in [0.15, 0.2) is 0 Å². The molecule has 11 rings (SSSR count). The molecule has 2 aliphatic carbocycles. The Morgan fingerprint density at radius 1 is 0.411 bits per heavy atom. The third-order valence-electron chi connectivity index (χ3n) is 12.7. The van der Waals surface area contributed by atoms with Crippen molar-refractivity contribution >= 4 is 60.2 Å². The van der Waals surface area contributed by atoms with Gasteiger partial charge in [-0.1, -0.05) is 166 Å². The molecule has 0 aliphatic heterocycles. The second kappa shape index (κ2) is 12.7. The third kappa shape index (κ3) is 5.08. The van der Waals surface area contributed by atoms with Crippen LogP contribution in [0.1, 0.15) is 30.9 Å². The van der Waals surface area contributed by atoms with E-state index in [2.05, 4.69) is 219 Å². The minimum Gasteiger partial charge on any atom is -0.310 e. The van der Waals surface area contributed by atoms with E-state index in [1.54, 1.807) is 0 Å². The van der Waals surface area contributed by atoms with Gasteiger partial charge in [0.25, 0.3) is 0 Å². The molecule has 0 spiro atoms. The summed E-state index contributed by atoms with van der Waals surface area (Å²) in [4.78, 5) is 2.46. The Morgan fingerprint density at radius 2 is 0.946 bits per heavy atom. The molecule has 2 atom stereocenters. The predicted octanol–water partition coefficient (Wildman–Crippen LogP) is 15.2. The Hall–Kier alpha value is -6.70. The highest BCUT2D eigenvalue weighted by Crippen LogP contribution is 2.54. The highest BCUT2D eigenvalue weighted by atomic mass is 15.1. The summed E-state index contributed by atoms with van der Waals surface area (Å²) < 4.78 is 0. The van der Waals surface area contributed by atoms with Crippen LogP contribution in [0.15, 0.2) is 200 Å². The van der Waals surface area contributed by atoms with Crippen LogP contribution < -0.4 is 4.90 Å². The topological polar surface area (TPSA) is 3.24 Å². The van der Waals surface area contributed by atoms with Crippen molar-refractivity contribution in [3.05, 3.63) is 211 Å². The van der Waals surface area contributed by atoms with Crippen molar-refractivity contribution in [3.8, 4) is 22.3 Å². The van der Waals surface area contributed by atoms with E-state index in [1.807, 2.05) is 0 Å². The van der Waals surface area contributed by atoms with Crippen LogP contribution in [0.3, 0.4) is 0 Å². The Kier molecular flexibility index (Phi) is 7.41. The average molecular weight is 716 g/mol. The van der Waals surface area contributed by atoms with Gasteiger partial charge in [0.1, 0.15) is 0 Å². The second-order valence-corrected chi connectivity index (χ2v) is 16.1. The van der Waals surface area contributed by atoms with Gasteiger partial charge in [0, 0.05) is 23.0 Å². The minimum atomic E-state index is 0.00972. The van der Waals surface area contributed by atoms with Crippen LogP contribution in [-0.4, -0.2) is 0 Å². The first-order valence-electron chi connectivity index (χ1n) is 19.8. The fraction of sp³-hybridized carbons (Fsp3) is 0.0909. The van der Waals surface area contributed by atoms with Crippen molar-refractivity contribution < 1.29 is 0 Å². The molecule has 0 radical (unpaired) electrons. The van der Waals surface area contributed by atoms with Gasteiger partial charge in [0.2, 0.25) is 0 Å². The fourth-order valence-electron chi connectivity index (χ4n) is 9.94. The number of nitrogens with zero attached hydrogens (tertiary/aromatic N) is 1. The Labute approximate surface area is 328 Å². The molecule has 0 heterocycles. The summed E-state index contributed by atoms with van der Waals surface area (Å²) in [6.45, 7) is 4.84. The lowest BCUT2D eigenvalue weighted by Crippen LogP contribution is -2.24. The third-order valence-corrected chi connectivity index (χ3v) is 12.7. The average Bonchev–Trinajstić information content (AvgIpc) is 3.49. The van der Waals surface area contributed by atoms with E-state index in [-0.39, 0.29) is 5.41 Å². The maximum absolute atomic E-state index is 2.47. The number of rotatable bonds is 5. The van der Waals surface area contributed by atoms with Crippen LogP contribution in [0.2, 0.25) is 0 Å². The van der Waals surface area contributed by atoms with E-state index in [0.29, 0.717) is 11.8 Å². The van der Waals surface area contributed by atoms with Crippen LogP contribution >= 0.6 is 0 Å². The van der Waals surface area contributed by atoms with Gasteiger partial charge in [-0.25, -0.2) is 0 Å². The smallest absolute Gasteiger partial charge is 0.0467 e. The molecule has 0 saturated heterocycles. The molecule has 0 aromatic heterocycles. The molecule has 0 saturated carbocycles. The summed E-state index contributed by atoms with van der Waals surface area (Å²) in [5.74, 6) is 0.861. The van der Waals surface area contributed by atoms with Gasteiger partial charge >= 0.3 is 0 Å². The zero-order valence-corrected chi connectivity index (χ0v) is 31.7. The van der Waals surface area contributed by atoms with Crippen LogP contribution in [-0.2, 0) is 5.41 Å². The zero-order chi connectivity index (χ0) is 37.4. The summed E-state index contributed by atoms with van der Waals surface area (Å²) in [5, 5.41) is 10.2. The molecule has 9 aromatic carbocycles. The summed E-state index contributed by atoms with van der Waals surface area (Å²) >= 11 is 0. The lowest BCUT2D eigenvalue weighted by atomic mass is 9.74. The molecule has 9 aromatic rings. The molecule has 0 bridgehead atoms. The van der Waals surface area contributed by atoms with Gasteiger partial charge in [-0.2, -0.15) is 0 Å². The van der Waals surface area contributed by atoms with Crippen molar-refractivity contribution in [2.24, 2.45) is 5.92 Å². The number of allylic oxidation sites excluding steroid dienone is 4. The van der Waals surface area contributed by atoms with Crippen molar-refractivity contribution in [1.29, 1.82) is 0 Å². The van der Waals surface area contributed by atoms with Crippen molar-refractivity contribution in [2.45, 2.75) is 25.2 Å². The van der Waals surface area contributed by atoms with E-state index >= 15 is 0 Å². The van der Waals surface area contributed by atoms with Crippen LogP contribution in [0.4, 0.5) is 17.1 Å². The summed E-state index contributed by atoms with van der Waals surface area (Å²) in [6.07, 6.45) is 9.25. The van der Waals surface area contributed by atoms with Crippen LogP contribution in [0.5, 0.6) is 0 Å². The SMILES string of the molecule is CC1(C)c2cc(N(c3ccc(-c4cc5ccccc5c5ccccc45)cc3)c3cccc(-c4cc5ccccc5c5ccccc45)c3)ccc2C2C=CC=CC21. The van der Waals surface area contributed by atoms with Gasteiger partial charge in [-0.05, 0) is 136 Å². The maximum Gasteiger partial charge on any atom is 0.0467 e. The maximum atomic E-state index is 2.47.